The summed E-state index contributed by atoms with van der Waals surface area (Å²) in [5, 5.41) is 6.81. The molecule has 3 rings (SSSR count). The second-order valence-corrected chi connectivity index (χ2v) is 4.29. The van der Waals surface area contributed by atoms with Crippen molar-refractivity contribution in [3.8, 4) is 22.4 Å². The van der Waals surface area contributed by atoms with Crippen LogP contribution in [0.25, 0.3) is 22.4 Å². The Kier molecular flexibility index (Phi) is 2.76. The number of nitrogen functional groups attached to an aromatic ring is 1. The second-order valence-electron chi connectivity index (χ2n) is 4.29. The van der Waals surface area contributed by atoms with Crippen LogP contribution < -0.4 is 5.73 Å². The van der Waals surface area contributed by atoms with Crippen molar-refractivity contribution in [2.24, 2.45) is 0 Å². The van der Waals surface area contributed by atoms with Gasteiger partial charge in [0.05, 0.1) is 5.69 Å². The Hall–Kier alpha value is -2.62. The van der Waals surface area contributed by atoms with E-state index in [0.29, 0.717) is 11.3 Å². The topological polar surface area (TPSA) is 54.7 Å². The second kappa shape index (κ2) is 4.57. The molecule has 0 bridgehead atoms. The summed E-state index contributed by atoms with van der Waals surface area (Å²) in [6.45, 7) is 0. The number of benzene rings is 2. The van der Waals surface area contributed by atoms with Crippen molar-refractivity contribution < 1.29 is 4.39 Å². The molecule has 3 nitrogen and oxygen atoms in total. The maximum absolute atomic E-state index is 13.9. The summed E-state index contributed by atoms with van der Waals surface area (Å²) in [5.74, 6) is -0.318. The van der Waals surface area contributed by atoms with E-state index in [9.17, 15) is 4.39 Å². The van der Waals surface area contributed by atoms with Gasteiger partial charge in [-0.25, -0.2) is 4.39 Å². The minimum absolute atomic E-state index is 0.318. The molecule has 1 heterocycles. The Balaban J connectivity index is 2.08. The quantitative estimate of drug-likeness (QED) is 0.687. The van der Waals surface area contributed by atoms with Gasteiger partial charge in [-0.2, -0.15) is 5.10 Å². The number of aromatic amines is 1. The van der Waals surface area contributed by atoms with E-state index in [-0.39, 0.29) is 5.82 Å². The highest BCUT2D eigenvalue weighted by Gasteiger charge is 2.07. The third-order valence-electron chi connectivity index (χ3n) is 2.98. The predicted octanol–water partition coefficient (Wildman–Crippen LogP) is 3.47. The Morgan fingerprint density at radius 3 is 2.58 bits per heavy atom. The number of nitrogens with one attached hydrogen (secondary N) is 1. The van der Waals surface area contributed by atoms with Crippen LogP contribution in [0.3, 0.4) is 0 Å². The van der Waals surface area contributed by atoms with E-state index in [1.54, 1.807) is 18.3 Å². The number of hydrogen-bond acceptors (Lipinski definition) is 2. The zero-order chi connectivity index (χ0) is 13.2. The summed E-state index contributed by atoms with van der Waals surface area (Å²) < 4.78 is 13.9. The first-order chi connectivity index (χ1) is 9.24. The smallest absolute Gasteiger partial charge is 0.133 e. The van der Waals surface area contributed by atoms with Gasteiger partial charge in [0.2, 0.25) is 0 Å². The third-order valence-corrected chi connectivity index (χ3v) is 2.98. The van der Waals surface area contributed by atoms with Crippen molar-refractivity contribution in [3.63, 3.8) is 0 Å². The lowest BCUT2D eigenvalue weighted by Gasteiger charge is -2.06. The van der Waals surface area contributed by atoms with Gasteiger partial charge in [-0.3, -0.25) is 5.10 Å². The average Bonchev–Trinajstić information content (AvgIpc) is 2.93. The van der Waals surface area contributed by atoms with Crippen LogP contribution in [-0.2, 0) is 0 Å². The molecule has 0 aliphatic heterocycles. The lowest BCUT2D eigenvalue weighted by atomic mass is 10.0. The SMILES string of the molecule is Nc1ccc(-c2cccc(-c3ccn[nH]3)c2)c(F)c1. The fraction of sp³-hybridized carbons (Fsp3) is 0. The Labute approximate surface area is 109 Å². The molecule has 0 saturated heterocycles. The van der Waals surface area contributed by atoms with Crippen LogP contribution in [0, 0.1) is 5.82 Å². The van der Waals surface area contributed by atoms with Gasteiger partial charge in [-0.1, -0.05) is 18.2 Å². The molecule has 0 saturated carbocycles. The summed E-state index contributed by atoms with van der Waals surface area (Å²) in [6.07, 6.45) is 1.69. The maximum atomic E-state index is 13.9. The average molecular weight is 253 g/mol. The number of anilines is 1. The molecule has 0 radical (unpaired) electrons. The van der Waals surface area contributed by atoms with Crippen molar-refractivity contribution in [3.05, 3.63) is 60.5 Å². The molecule has 0 fully saturated rings. The minimum atomic E-state index is -0.318. The van der Waals surface area contributed by atoms with Gasteiger partial charge in [-0.05, 0) is 35.9 Å². The van der Waals surface area contributed by atoms with E-state index in [4.69, 9.17) is 5.73 Å². The van der Waals surface area contributed by atoms with E-state index >= 15 is 0 Å². The minimum Gasteiger partial charge on any atom is -0.399 e. The number of hydrogen-bond donors (Lipinski definition) is 2. The Morgan fingerprint density at radius 1 is 1.00 bits per heavy atom. The monoisotopic (exact) mass is 253 g/mol. The highest BCUT2D eigenvalue weighted by molar-refractivity contribution is 5.72. The molecule has 0 amide bonds. The molecular weight excluding hydrogens is 241 g/mol. The van der Waals surface area contributed by atoms with Gasteiger partial charge in [0.1, 0.15) is 5.82 Å². The van der Waals surface area contributed by atoms with Crippen molar-refractivity contribution in [1.82, 2.24) is 10.2 Å². The molecular formula is C15H12FN3. The van der Waals surface area contributed by atoms with E-state index < -0.39 is 0 Å². The number of nitrogens with two attached hydrogens (primary N) is 1. The van der Waals surface area contributed by atoms with Crippen molar-refractivity contribution in [1.29, 1.82) is 0 Å². The number of nitrogens with zero attached hydrogens (tertiary/aromatic N) is 1. The molecule has 2 aromatic carbocycles. The molecule has 1 aromatic heterocycles. The zero-order valence-corrected chi connectivity index (χ0v) is 10.1. The van der Waals surface area contributed by atoms with Crippen molar-refractivity contribution in [2.75, 3.05) is 5.73 Å². The summed E-state index contributed by atoms with van der Waals surface area (Å²) in [4.78, 5) is 0. The van der Waals surface area contributed by atoms with Gasteiger partial charge in [0.25, 0.3) is 0 Å². The normalized spacial score (nSPS) is 10.6. The standard InChI is InChI=1S/C15H12FN3/c16-14-9-12(17)4-5-13(14)10-2-1-3-11(8-10)15-6-7-18-19-15/h1-9H,17H2,(H,18,19). The third kappa shape index (κ3) is 2.20. The van der Waals surface area contributed by atoms with Crippen molar-refractivity contribution >= 4 is 5.69 Å². The summed E-state index contributed by atoms with van der Waals surface area (Å²) in [6, 6.07) is 14.2. The molecule has 0 unspecified atom stereocenters. The van der Waals surface area contributed by atoms with Crippen LogP contribution in [0.2, 0.25) is 0 Å². The zero-order valence-electron chi connectivity index (χ0n) is 10.1. The van der Waals surface area contributed by atoms with Crippen LogP contribution in [-0.4, -0.2) is 10.2 Å². The number of halogens is 1. The lowest BCUT2D eigenvalue weighted by molar-refractivity contribution is 0.632. The van der Waals surface area contributed by atoms with Crippen molar-refractivity contribution in [2.45, 2.75) is 0 Å². The molecule has 0 spiro atoms. The van der Waals surface area contributed by atoms with Gasteiger partial charge in [-0.15, -0.1) is 0 Å². The predicted molar refractivity (Wildman–Crippen MR) is 73.8 cm³/mol. The summed E-state index contributed by atoms with van der Waals surface area (Å²) in [7, 11) is 0. The molecule has 0 atom stereocenters. The number of H-pyrrole nitrogens is 1. The van der Waals surface area contributed by atoms with Crippen LogP contribution in [0.4, 0.5) is 10.1 Å². The summed E-state index contributed by atoms with van der Waals surface area (Å²) >= 11 is 0. The fourth-order valence-electron chi connectivity index (χ4n) is 2.04. The van der Waals surface area contributed by atoms with Crippen LogP contribution in [0.5, 0.6) is 0 Å². The first-order valence-corrected chi connectivity index (χ1v) is 5.89. The van der Waals surface area contributed by atoms with Crippen LogP contribution in [0.15, 0.2) is 54.7 Å². The van der Waals surface area contributed by atoms with E-state index in [1.807, 2.05) is 30.3 Å². The molecule has 0 aliphatic carbocycles. The molecule has 19 heavy (non-hydrogen) atoms. The van der Waals surface area contributed by atoms with E-state index in [2.05, 4.69) is 10.2 Å². The van der Waals surface area contributed by atoms with E-state index in [1.165, 1.54) is 6.07 Å². The van der Waals surface area contributed by atoms with Crippen LogP contribution >= 0.6 is 0 Å². The first kappa shape index (κ1) is 11.5. The van der Waals surface area contributed by atoms with Gasteiger partial charge in [0.15, 0.2) is 0 Å². The Morgan fingerprint density at radius 2 is 1.84 bits per heavy atom. The van der Waals surface area contributed by atoms with Gasteiger partial charge < -0.3 is 5.73 Å². The number of rotatable bonds is 2. The van der Waals surface area contributed by atoms with Gasteiger partial charge >= 0.3 is 0 Å². The fourth-order valence-corrected chi connectivity index (χ4v) is 2.04. The first-order valence-electron chi connectivity index (χ1n) is 5.89. The molecule has 0 aliphatic rings. The largest absolute Gasteiger partial charge is 0.399 e. The number of aromatic nitrogens is 2. The van der Waals surface area contributed by atoms with Gasteiger partial charge in [0, 0.05) is 23.0 Å². The van der Waals surface area contributed by atoms with Crippen LogP contribution in [0.1, 0.15) is 0 Å². The molecule has 3 N–H and O–H groups in total. The highest BCUT2D eigenvalue weighted by Crippen LogP contribution is 2.28. The highest BCUT2D eigenvalue weighted by atomic mass is 19.1. The summed E-state index contributed by atoms with van der Waals surface area (Å²) in [5.41, 5.74) is 9.19. The Bertz CT molecular complexity index is 705. The molecule has 4 heteroatoms. The molecule has 94 valence electrons. The lowest BCUT2D eigenvalue weighted by Crippen LogP contribution is -1.90. The maximum Gasteiger partial charge on any atom is 0.133 e. The molecule has 3 aromatic rings. The van der Waals surface area contributed by atoms with E-state index in [0.717, 1.165) is 16.8 Å².